The molecule has 5 nitrogen and oxygen atoms in total. The number of guanidine groups is 1. The smallest absolute Gasteiger partial charge is 0.382 e. The maximum atomic E-state index is 12.3. The summed E-state index contributed by atoms with van der Waals surface area (Å²) in [6, 6.07) is 0.248. The molecule has 21 heavy (non-hydrogen) atoms. The van der Waals surface area contributed by atoms with Crippen molar-refractivity contribution >= 4 is 17.3 Å². The number of nitrogens with zero attached hydrogens (tertiary/aromatic N) is 2. The predicted octanol–water partition coefficient (Wildman–Crippen LogP) is 1.57. The Hall–Kier alpha value is -1.35. The first-order chi connectivity index (χ1) is 9.84. The lowest BCUT2D eigenvalue weighted by Crippen LogP contribution is -2.46. The molecule has 1 saturated carbocycles. The van der Waals surface area contributed by atoms with Gasteiger partial charge in [0.05, 0.1) is 13.1 Å². The van der Waals surface area contributed by atoms with Crippen LogP contribution in [0.25, 0.3) is 0 Å². The molecule has 1 aliphatic carbocycles. The van der Waals surface area contributed by atoms with Crippen LogP contribution in [0.3, 0.4) is 0 Å². The van der Waals surface area contributed by atoms with Gasteiger partial charge in [0.25, 0.3) is 0 Å². The number of aromatic nitrogens is 1. The van der Waals surface area contributed by atoms with Crippen LogP contribution in [0.4, 0.5) is 13.2 Å². The standard InChI is InChI=1S/C12H17F3N4OS/c1-7-6-21-10(18-7)5-17-11(19-8-2-3-8)16-4-9(20)12(13,14)15/h6,8-9,20H,2-5H2,1H3,(H2,16,17,19)/t9-/m0/s1. The minimum atomic E-state index is -4.63. The highest BCUT2D eigenvalue weighted by atomic mass is 32.1. The fraction of sp³-hybridized carbons (Fsp3) is 0.667. The van der Waals surface area contributed by atoms with Gasteiger partial charge in [-0.05, 0) is 19.8 Å². The monoisotopic (exact) mass is 322 g/mol. The van der Waals surface area contributed by atoms with Gasteiger partial charge in [-0.15, -0.1) is 11.3 Å². The molecule has 1 aliphatic rings. The fourth-order valence-corrected chi connectivity index (χ4v) is 2.20. The van der Waals surface area contributed by atoms with Gasteiger partial charge in [0.1, 0.15) is 5.01 Å². The molecule has 1 aromatic heterocycles. The van der Waals surface area contributed by atoms with E-state index in [2.05, 4.69) is 20.6 Å². The van der Waals surface area contributed by atoms with Gasteiger partial charge in [-0.25, -0.2) is 9.98 Å². The first kappa shape index (κ1) is 16.0. The molecule has 0 spiro atoms. The Bertz CT molecular complexity index is 499. The number of hydrogen-bond donors (Lipinski definition) is 3. The Labute approximate surface area is 124 Å². The van der Waals surface area contributed by atoms with Crippen molar-refractivity contribution in [1.82, 2.24) is 15.6 Å². The topological polar surface area (TPSA) is 69.5 Å². The highest BCUT2D eigenvalue weighted by Gasteiger charge is 2.38. The number of halogens is 3. The van der Waals surface area contributed by atoms with Crippen LogP contribution in [-0.4, -0.2) is 40.9 Å². The second kappa shape index (κ2) is 6.61. The molecule has 0 bridgehead atoms. The van der Waals surface area contributed by atoms with Crippen molar-refractivity contribution in [2.75, 3.05) is 6.54 Å². The summed E-state index contributed by atoms with van der Waals surface area (Å²) >= 11 is 1.45. The van der Waals surface area contributed by atoms with E-state index in [-0.39, 0.29) is 12.0 Å². The summed E-state index contributed by atoms with van der Waals surface area (Å²) in [6.45, 7) is 1.53. The van der Waals surface area contributed by atoms with Crippen molar-refractivity contribution in [3.05, 3.63) is 16.1 Å². The summed E-state index contributed by atoms with van der Waals surface area (Å²) in [5.41, 5.74) is 0.891. The van der Waals surface area contributed by atoms with Crippen molar-refractivity contribution in [2.24, 2.45) is 4.99 Å². The highest BCUT2D eigenvalue weighted by molar-refractivity contribution is 7.09. The lowest BCUT2D eigenvalue weighted by Gasteiger charge is -2.17. The van der Waals surface area contributed by atoms with E-state index in [9.17, 15) is 13.2 Å². The van der Waals surface area contributed by atoms with E-state index in [1.54, 1.807) is 0 Å². The van der Waals surface area contributed by atoms with Crippen molar-refractivity contribution in [3.8, 4) is 0 Å². The second-order valence-electron chi connectivity index (χ2n) is 4.90. The van der Waals surface area contributed by atoms with E-state index in [4.69, 9.17) is 5.11 Å². The van der Waals surface area contributed by atoms with Gasteiger partial charge in [-0.1, -0.05) is 0 Å². The molecule has 0 radical (unpaired) electrons. The lowest BCUT2D eigenvalue weighted by atomic mass is 10.3. The van der Waals surface area contributed by atoms with Gasteiger partial charge in [0.2, 0.25) is 0 Å². The zero-order chi connectivity index (χ0) is 15.5. The van der Waals surface area contributed by atoms with Crippen LogP contribution in [0.2, 0.25) is 0 Å². The van der Waals surface area contributed by atoms with Crippen LogP contribution >= 0.6 is 11.3 Å². The van der Waals surface area contributed by atoms with E-state index < -0.39 is 18.8 Å². The van der Waals surface area contributed by atoms with E-state index in [0.717, 1.165) is 23.5 Å². The average Bonchev–Trinajstić information content (AvgIpc) is 3.12. The van der Waals surface area contributed by atoms with Crippen LogP contribution in [0.1, 0.15) is 23.5 Å². The SMILES string of the molecule is Cc1csc(CN=C(NC[C@H](O)C(F)(F)F)NC2CC2)n1. The first-order valence-electron chi connectivity index (χ1n) is 6.55. The predicted molar refractivity (Wildman–Crippen MR) is 74.2 cm³/mol. The summed E-state index contributed by atoms with van der Waals surface area (Å²) in [6.07, 6.45) is -5.10. The number of rotatable bonds is 5. The molecule has 3 N–H and O–H groups in total. The number of aryl methyl sites for hydroxylation is 1. The van der Waals surface area contributed by atoms with Crippen molar-refractivity contribution in [1.29, 1.82) is 0 Å². The number of aliphatic imine (C=N–C) groups is 1. The first-order valence-corrected chi connectivity index (χ1v) is 7.43. The van der Waals surface area contributed by atoms with Gasteiger partial charge in [-0.3, -0.25) is 0 Å². The van der Waals surface area contributed by atoms with Crippen LogP contribution in [-0.2, 0) is 6.54 Å². The van der Waals surface area contributed by atoms with E-state index in [1.807, 2.05) is 12.3 Å². The van der Waals surface area contributed by atoms with Gasteiger partial charge in [-0.2, -0.15) is 13.2 Å². The van der Waals surface area contributed by atoms with Gasteiger partial charge < -0.3 is 15.7 Å². The zero-order valence-electron chi connectivity index (χ0n) is 11.4. The Morgan fingerprint density at radius 1 is 1.57 bits per heavy atom. The highest BCUT2D eigenvalue weighted by Crippen LogP contribution is 2.20. The van der Waals surface area contributed by atoms with Crippen LogP contribution in [0.5, 0.6) is 0 Å². The lowest BCUT2D eigenvalue weighted by molar-refractivity contribution is -0.201. The molecule has 1 heterocycles. The molecule has 0 amide bonds. The Kier molecular flexibility index (Phi) is 5.04. The number of aliphatic hydroxyl groups excluding tert-OH is 1. The Morgan fingerprint density at radius 3 is 2.81 bits per heavy atom. The van der Waals surface area contributed by atoms with Crippen LogP contribution in [0.15, 0.2) is 10.4 Å². The third-order valence-corrected chi connectivity index (χ3v) is 3.75. The van der Waals surface area contributed by atoms with Crippen LogP contribution < -0.4 is 10.6 Å². The van der Waals surface area contributed by atoms with E-state index >= 15 is 0 Å². The Morgan fingerprint density at radius 2 is 2.29 bits per heavy atom. The normalized spacial score (nSPS) is 17.7. The minimum absolute atomic E-state index is 0.248. The summed E-state index contributed by atoms with van der Waals surface area (Å²) in [7, 11) is 0. The zero-order valence-corrected chi connectivity index (χ0v) is 12.3. The number of hydrogen-bond acceptors (Lipinski definition) is 4. The van der Waals surface area contributed by atoms with Crippen LogP contribution in [0, 0.1) is 6.92 Å². The summed E-state index contributed by atoms with van der Waals surface area (Å²) in [5, 5.41) is 17.2. The number of aliphatic hydroxyl groups is 1. The summed E-state index contributed by atoms with van der Waals surface area (Å²) < 4.78 is 36.8. The summed E-state index contributed by atoms with van der Waals surface area (Å²) in [4.78, 5) is 8.44. The molecule has 0 aliphatic heterocycles. The second-order valence-corrected chi connectivity index (χ2v) is 5.85. The molecule has 2 rings (SSSR count). The maximum absolute atomic E-state index is 12.3. The van der Waals surface area contributed by atoms with Gasteiger partial charge in [0.15, 0.2) is 12.1 Å². The van der Waals surface area contributed by atoms with Crippen molar-refractivity contribution in [2.45, 2.75) is 44.6 Å². The third-order valence-electron chi connectivity index (χ3n) is 2.80. The molecule has 1 fully saturated rings. The molecule has 0 unspecified atom stereocenters. The summed E-state index contributed by atoms with van der Waals surface area (Å²) in [5.74, 6) is 0.272. The molecule has 0 saturated heterocycles. The van der Waals surface area contributed by atoms with E-state index in [1.165, 1.54) is 11.3 Å². The fourth-order valence-electron chi connectivity index (χ4n) is 1.50. The van der Waals surface area contributed by atoms with E-state index in [0.29, 0.717) is 6.54 Å². The molecule has 1 aromatic rings. The minimum Gasteiger partial charge on any atom is -0.382 e. The Balaban J connectivity index is 1.90. The average molecular weight is 322 g/mol. The maximum Gasteiger partial charge on any atom is 0.416 e. The molecule has 0 aromatic carbocycles. The quantitative estimate of drug-likeness (QED) is 0.568. The van der Waals surface area contributed by atoms with Gasteiger partial charge >= 0.3 is 6.18 Å². The molecular weight excluding hydrogens is 305 g/mol. The number of alkyl halides is 3. The largest absolute Gasteiger partial charge is 0.416 e. The molecular formula is C12H17F3N4OS. The third kappa shape index (κ3) is 5.50. The molecule has 1 atom stereocenters. The number of thiazole rings is 1. The molecule has 9 heteroatoms. The molecule has 118 valence electrons. The van der Waals surface area contributed by atoms with Crippen molar-refractivity contribution in [3.63, 3.8) is 0 Å². The number of nitrogens with one attached hydrogen (secondary N) is 2. The van der Waals surface area contributed by atoms with Crippen molar-refractivity contribution < 1.29 is 18.3 Å². The van der Waals surface area contributed by atoms with Gasteiger partial charge in [0, 0.05) is 17.1 Å².